The van der Waals surface area contributed by atoms with Gasteiger partial charge in [0, 0.05) is 0 Å². The average molecular weight is 457 g/mol. The zero-order valence-corrected chi connectivity index (χ0v) is 22.2. The van der Waals surface area contributed by atoms with Gasteiger partial charge in [-0.15, -0.1) is 0 Å². The summed E-state index contributed by atoms with van der Waals surface area (Å²) in [5.74, 6) is 1.96. The third kappa shape index (κ3) is 2.75. The van der Waals surface area contributed by atoms with Gasteiger partial charge < -0.3 is 10.2 Å². The van der Waals surface area contributed by atoms with Crippen LogP contribution in [0.4, 0.5) is 0 Å². The molecule has 5 aliphatic carbocycles. The van der Waals surface area contributed by atoms with E-state index in [1.54, 1.807) is 5.57 Å². The minimum atomic E-state index is -1.03. The summed E-state index contributed by atoms with van der Waals surface area (Å²) in [6.45, 7) is 17.0. The molecule has 0 spiro atoms. The summed E-state index contributed by atoms with van der Waals surface area (Å²) in [4.78, 5) is 12.5. The lowest BCUT2D eigenvalue weighted by atomic mass is 9.33. The van der Waals surface area contributed by atoms with Crippen molar-refractivity contribution in [2.24, 2.45) is 56.7 Å². The Morgan fingerprint density at radius 2 is 1.61 bits per heavy atom. The first kappa shape index (κ1) is 23.9. The third-order valence-electron chi connectivity index (χ3n) is 13.5. The standard InChI is InChI=1S/C30H48O3/c1-18-10-13-26(3)16-17-28(5)20(24(26)19(18)2)8-9-21-27(4)14-12-23(31)30(7,25(32)33)22(27)11-15-29(21,28)6/h8,18-19,21-24,31H,9-17H2,1-7H3,(H,32,33)/t18-,19+,21-,22?,23+,24+,26-,27-,28-,29-,30?/m1/s1. The van der Waals surface area contributed by atoms with E-state index in [9.17, 15) is 15.0 Å². The van der Waals surface area contributed by atoms with Crippen molar-refractivity contribution in [3.63, 3.8) is 0 Å². The van der Waals surface area contributed by atoms with Gasteiger partial charge in [-0.2, -0.15) is 0 Å². The van der Waals surface area contributed by atoms with E-state index in [1.165, 1.54) is 25.7 Å². The number of carboxylic acids is 1. The minimum absolute atomic E-state index is 0.0311. The molecule has 3 nitrogen and oxygen atoms in total. The van der Waals surface area contributed by atoms with E-state index in [4.69, 9.17) is 0 Å². The highest BCUT2D eigenvalue weighted by Gasteiger charge is 2.69. The molecule has 0 heterocycles. The molecule has 0 saturated heterocycles. The van der Waals surface area contributed by atoms with Crippen molar-refractivity contribution in [1.29, 1.82) is 0 Å². The number of allylic oxidation sites excluding steroid dienone is 2. The smallest absolute Gasteiger partial charge is 0.312 e. The van der Waals surface area contributed by atoms with Gasteiger partial charge in [0.05, 0.1) is 11.5 Å². The van der Waals surface area contributed by atoms with Crippen molar-refractivity contribution >= 4 is 5.97 Å². The monoisotopic (exact) mass is 456 g/mol. The van der Waals surface area contributed by atoms with Gasteiger partial charge >= 0.3 is 5.97 Å². The van der Waals surface area contributed by atoms with Gasteiger partial charge in [0.15, 0.2) is 0 Å². The van der Waals surface area contributed by atoms with E-state index in [2.05, 4.69) is 47.6 Å². The van der Waals surface area contributed by atoms with Crippen LogP contribution in [0.3, 0.4) is 0 Å². The predicted octanol–water partition coefficient (Wildman–Crippen LogP) is 7.09. The van der Waals surface area contributed by atoms with Crippen LogP contribution in [0.2, 0.25) is 0 Å². The number of hydrogen-bond donors (Lipinski definition) is 2. The SMILES string of the molecule is C[C@H]1[C@H](C)CC[C@]2(C)CC[C@]3(C)C(=CC[C@@H]4[C@@]5(C)CC[C@H](O)C(C)(C(=O)O)C5CC[C@]43C)[C@H]12. The molecule has 5 aliphatic rings. The Morgan fingerprint density at radius 3 is 2.27 bits per heavy atom. The molecule has 186 valence electrons. The molecule has 4 saturated carbocycles. The van der Waals surface area contributed by atoms with Crippen molar-refractivity contribution in [2.75, 3.05) is 0 Å². The van der Waals surface area contributed by atoms with E-state index in [0.717, 1.165) is 37.5 Å². The normalized spacial score (nSPS) is 58.2. The highest BCUT2D eigenvalue weighted by atomic mass is 16.4. The Kier molecular flexibility index (Phi) is 5.15. The van der Waals surface area contributed by atoms with Crippen LogP contribution in [-0.4, -0.2) is 22.3 Å². The van der Waals surface area contributed by atoms with Crippen LogP contribution in [-0.2, 0) is 4.79 Å². The quantitative estimate of drug-likeness (QED) is 0.414. The maximum atomic E-state index is 12.5. The molecule has 0 radical (unpaired) electrons. The molecule has 0 aromatic heterocycles. The number of aliphatic hydroxyl groups excluding tert-OH is 1. The summed E-state index contributed by atoms with van der Waals surface area (Å²) < 4.78 is 0. The summed E-state index contributed by atoms with van der Waals surface area (Å²) >= 11 is 0. The zero-order chi connectivity index (χ0) is 24.2. The number of fused-ring (bicyclic) bond motifs is 7. The molecule has 2 unspecified atom stereocenters. The number of hydrogen-bond acceptors (Lipinski definition) is 2. The van der Waals surface area contributed by atoms with Crippen molar-refractivity contribution in [2.45, 2.75) is 112 Å². The molecule has 0 aromatic carbocycles. The number of rotatable bonds is 1. The van der Waals surface area contributed by atoms with E-state index in [0.29, 0.717) is 23.7 Å². The molecule has 0 amide bonds. The summed E-state index contributed by atoms with van der Waals surface area (Å²) in [6.07, 6.45) is 12.0. The van der Waals surface area contributed by atoms with Gasteiger partial charge in [0.25, 0.3) is 0 Å². The van der Waals surface area contributed by atoms with Gasteiger partial charge in [-0.3, -0.25) is 4.79 Å². The highest BCUT2D eigenvalue weighted by molar-refractivity contribution is 5.76. The topological polar surface area (TPSA) is 57.5 Å². The number of carboxylic acid groups (broad SMARTS) is 1. The van der Waals surface area contributed by atoms with Crippen molar-refractivity contribution in [3.8, 4) is 0 Å². The lowest BCUT2D eigenvalue weighted by Crippen LogP contribution is -2.66. The first-order valence-corrected chi connectivity index (χ1v) is 13.9. The molecule has 4 fully saturated rings. The van der Waals surface area contributed by atoms with E-state index in [1.807, 2.05) is 6.92 Å². The van der Waals surface area contributed by atoms with Crippen LogP contribution < -0.4 is 0 Å². The van der Waals surface area contributed by atoms with Crippen molar-refractivity contribution in [1.82, 2.24) is 0 Å². The van der Waals surface area contributed by atoms with Crippen LogP contribution >= 0.6 is 0 Å². The van der Waals surface area contributed by atoms with Crippen LogP contribution in [0, 0.1) is 56.7 Å². The lowest BCUT2D eigenvalue weighted by Gasteiger charge is -2.71. The molecule has 0 aromatic rings. The van der Waals surface area contributed by atoms with E-state index >= 15 is 0 Å². The third-order valence-corrected chi connectivity index (χ3v) is 13.5. The Balaban J connectivity index is 1.60. The molecule has 3 heteroatoms. The highest BCUT2D eigenvalue weighted by Crippen LogP contribution is 2.75. The zero-order valence-electron chi connectivity index (χ0n) is 22.2. The first-order chi connectivity index (χ1) is 15.3. The van der Waals surface area contributed by atoms with Crippen LogP contribution in [0.5, 0.6) is 0 Å². The minimum Gasteiger partial charge on any atom is -0.481 e. The largest absolute Gasteiger partial charge is 0.481 e. The molecular formula is C30H48O3. The second kappa shape index (κ2) is 7.11. The fourth-order valence-corrected chi connectivity index (χ4v) is 10.8. The lowest BCUT2D eigenvalue weighted by molar-refractivity contribution is -0.217. The molecular weight excluding hydrogens is 408 g/mol. The Labute approximate surface area is 201 Å². The van der Waals surface area contributed by atoms with Crippen LogP contribution in [0.1, 0.15) is 106 Å². The average Bonchev–Trinajstić information content (AvgIpc) is 2.75. The molecule has 2 N–H and O–H groups in total. The fourth-order valence-electron chi connectivity index (χ4n) is 10.8. The second-order valence-electron chi connectivity index (χ2n) is 14.4. The number of carbonyl (C=O) groups is 1. The Hall–Kier alpha value is -0.830. The predicted molar refractivity (Wildman–Crippen MR) is 133 cm³/mol. The van der Waals surface area contributed by atoms with Crippen molar-refractivity contribution < 1.29 is 15.0 Å². The summed E-state index contributed by atoms with van der Waals surface area (Å²) in [7, 11) is 0. The summed E-state index contributed by atoms with van der Waals surface area (Å²) in [5.41, 5.74) is 1.56. The maximum Gasteiger partial charge on any atom is 0.312 e. The summed E-state index contributed by atoms with van der Waals surface area (Å²) in [6, 6.07) is 0. The van der Waals surface area contributed by atoms with Gasteiger partial charge in [-0.05, 0) is 116 Å². The van der Waals surface area contributed by atoms with Gasteiger partial charge in [0.1, 0.15) is 0 Å². The summed E-state index contributed by atoms with van der Waals surface area (Å²) in [5, 5.41) is 21.1. The van der Waals surface area contributed by atoms with E-state index in [-0.39, 0.29) is 22.2 Å². The Morgan fingerprint density at radius 1 is 0.909 bits per heavy atom. The van der Waals surface area contributed by atoms with Crippen molar-refractivity contribution in [3.05, 3.63) is 11.6 Å². The van der Waals surface area contributed by atoms with Crippen LogP contribution in [0.15, 0.2) is 11.6 Å². The van der Waals surface area contributed by atoms with Gasteiger partial charge in [-0.25, -0.2) is 0 Å². The molecule has 0 bridgehead atoms. The van der Waals surface area contributed by atoms with E-state index < -0.39 is 17.5 Å². The molecule has 5 rings (SSSR count). The van der Waals surface area contributed by atoms with Crippen LogP contribution in [0.25, 0.3) is 0 Å². The molecule has 0 aliphatic heterocycles. The number of aliphatic hydroxyl groups is 1. The molecule has 33 heavy (non-hydrogen) atoms. The Bertz CT molecular complexity index is 878. The maximum absolute atomic E-state index is 12.5. The second-order valence-corrected chi connectivity index (χ2v) is 14.4. The fraction of sp³-hybridized carbons (Fsp3) is 0.900. The molecule has 11 atom stereocenters. The van der Waals surface area contributed by atoms with Gasteiger partial charge in [0.2, 0.25) is 0 Å². The number of aliphatic carboxylic acids is 1. The van der Waals surface area contributed by atoms with Gasteiger partial charge in [-0.1, -0.05) is 53.2 Å². The first-order valence-electron chi connectivity index (χ1n) is 13.9.